The van der Waals surface area contributed by atoms with Gasteiger partial charge < -0.3 is 10.6 Å². The summed E-state index contributed by atoms with van der Waals surface area (Å²) in [7, 11) is 0. The molecule has 0 aromatic heterocycles. The topological polar surface area (TPSA) is 113 Å². The van der Waals surface area contributed by atoms with Crippen LogP contribution < -0.4 is 21.9 Å². The molecule has 0 saturated heterocycles. The molecule has 0 atom stereocenters. The first-order valence-corrected chi connectivity index (χ1v) is 8.13. The first-order chi connectivity index (χ1) is 13.0. The number of carbonyl (C=O) groups is 3. The number of allylic oxidation sites excluding steroid dienone is 2. The van der Waals surface area contributed by atoms with Crippen LogP contribution in [0.5, 0.6) is 0 Å². The van der Waals surface area contributed by atoms with Crippen LogP contribution in [-0.2, 0) is 9.59 Å². The average Bonchev–Trinajstić information content (AvgIpc) is 2.67. The van der Waals surface area contributed by atoms with Gasteiger partial charge in [-0.3, -0.25) is 19.8 Å². The van der Waals surface area contributed by atoms with Gasteiger partial charge in [-0.05, 0) is 35.9 Å². The van der Waals surface area contributed by atoms with Crippen molar-refractivity contribution in [1.29, 1.82) is 0 Å². The SMILES string of the molecule is CC(=O)Nc1ccc(C(=O)N/C(=C\C=C\c2ccccc2)C(=O)NN)cc1. The van der Waals surface area contributed by atoms with Gasteiger partial charge in [-0.25, -0.2) is 5.84 Å². The minimum Gasteiger partial charge on any atom is -0.326 e. The molecule has 0 heterocycles. The lowest BCUT2D eigenvalue weighted by Crippen LogP contribution is -2.38. The van der Waals surface area contributed by atoms with Crippen molar-refractivity contribution < 1.29 is 14.4 Å². The van der Waals surface area contributed by atoms with Crippen molar-refractivity contribution in [3.63, 3.8) is 0 Å². The van der Waals surface area contributed by atoms with E-state index in [1.807, 2.05) is 35.8 Å². The average molecular weight is 364 g/mol. The maximum Gasteiger partial charge on any atom is 0.281 e. The lowest BCUT2D eigenvalue weighted by Gasteiger charge is -2.09. The molecule has 0 aliphatic rings. The highest BCUT2D eigenvalue weighted by Crippen LogP contribution is 2.10. The number of hydrogen-bond acceptors (Lipinski definition) is 4. The van der Waals surface area contributed by atoms with Gasteiger partial charge in [0, 0.05) is 18.2 Å². The summed E-state index contributed by atoms with van der Waals surface area (Å²) in [6.45, 7) is 1.39. The molecular weight excluding hydrogens is 344 g/mol. The quantitative estimate of drug-likeness (QED) is 0.206. The number of anilines is 1. The number of amides is 3. The standard InChI is InChI=1S/C20H20N4O3/c1-14(25)22-17-12-10-16(11-13-17)19(26)23-18(20(27)24-21)9-5-8-15-6-3-2-4-7-15/h2-13H,21H2,1H3,(H,22,25)(H,23,26)(H,24,27)/b8-5+,18-9-. The molecular formula is C20H20N4O3. The molecule has 0 saturated carbocycles. The normalized spacial score (nSPS) is 11.1. The summed E-state index contributed by atoms with van der Waals surface area (Å²) in [5.41, 5.74) is 3.84. The van der Waals surface area contributed by atoms with Crippen LogP contribution in [0.2, 0.25) is 0 Å². The second-order valence-corrected chi connectivity index (χ2v) is 5.54. The van der Waals surface area contributed by atoms with Crippen LogP contribution in [-0.4, -0.2) is 17.7 Å². The molecule has 0 aliphatic carbocycles. The monoisotopic (exact) mass is 364 g/mol. The summed E-state index contributed by atoms with van der Waals surface area (Å²) in [4.78, 5) is 35.3. The molecule has 7 heteroatoms. The fourth-order valence-electron chi connectivity index (χ4n) is 2.17. The molecule has 138 valence electrons. The van der Waals surface area contributed by atoms with Crippen molar-refractivity contribution in [3.05, 3.63) is 83.6 Å². The van der Waals surface area contributed by atoms with E-state index >= 15 is 0 Å². The molecule has 0 radical (unpaired) electrons. The Balaban J connectivity index is 2.11. The van der Waals surface area contributed by atoms with Crippen molar-refractivity contribution in [2.24, 2.45) is 5.84 Å². The van der Waals surface area contributed by atoms with E-state index in [0.29, 0.717) is 11.3 Å². The third-order valence-corrected chi connectivity index (χ3v) is 3.44. The number of hydrogen-bond donors (Lipinski definition) is 4. The third kappa shape index (κ3) is 6.26. The van der Waals surface area contributed by atoms with Gasteiger partial charge in [-0.1, -0.05) is 42.5 Å². The van der Waals surface area contributed by atoms with E-state index in [9.17, 15) is 14.4 Å². The smallest absolute Gasteiger partial charge is 0.281 e. The van der Waals surface area contributed by atoms with Gasteiger partial charge in [-0.15, -0.1) is 0 Å². The van der Waals surface area contributed by atoms with E-state index in [1.54, 1.807) is 36.4 Å². The maximum absolute atomic E-state index is 12.4. The predicted octanol–water partition coefficient (Wildman–Crippen LogP) is 1.96. The van der Waals surface area contributed by atoms with Crippen molar-refractivity contribution in [2.45, 2.75) is 6.92 Å². The summed E-state index contributed by atoms with van der Waals surface area (Å²) < 4.78 is 0. The molecule has 3 amide bonds. The van der Waals surface area contributed by atoms with E-state index in [2.05, 4.69) is 10.6 Å². The molecule has 0 bridgehead atoms. The molecule has 0 spiro atoms. The van der Waals surface area contributed by atoms with Crippen molar-refractivity contribution in [1.82, 2.24) is 10.7 Å². The maximum atomic E-state index is 12.4. The van der Waals surface area contributed by atoms with Crippen molar-refractivity contribution in [3.8, 4) is 0 Å². The largest absolute Gasteiger partial charge is 0.326 e. The fraction of sp³-hybridized carbons (Fsp3) is 0.0500. The Morgan fingerprint density at radius 2 is 1.63 bits per heavy atom. The van der Waals surface area contributed by atoms with E-state index in [4.69, 9.17) is 5.84 Å². The number of hydrazine groups is 1. The number of rotatable bonds is 6. The first-order valence-electron chi connectivity index (χ1n) is 8.13. The Labute approximate surface area is 156 Å². The minimum atomic E-state index is -0.629. The molecule has 0 unspecified atom stereocenters. The molecule has 2 rings (SSSR count). The van der Waals surface area contributed by atoms with Crippen LogP contribution in [0, 0.1) is 0 Å². The zero-order chi connectivity index (χ0) is 19.6. The van der Waals surface area contributed by atoms with Crippen LogP contribution in [0.25, 0.3) is 6.08 Å². The molecule has 2 aromatic carbocycles. The molecule has 2 aromatic rings. The van der Waals surface area contributed by atoms with Crippen molar-refractivity contribution in [2.75, 3.05) is 5.32 Å². The van der Waals surface area contributed by atoms with Gasteiger partial charge in [0.25, 0.3) is 11.8 Å². The van der Waals surface area contributed by atoms with Crippen molar-refractivity contribution >= 4 is 29.5 Å². The van der Waals surface area contributed by atoms with Crippen LogP contribution in [0.3, 0.4) is 0 Å². The number of benzene rings is 2. The van der Waals surface area contributed by atoms with Crippen LogP contribution in [0.4, 0.5) is 5.69 Å². The van der Waals surface area contributed by atoms with Crippen LogP contribution >= 0.6 is 0 Å². The highest BCUT2D eigenvalue weighted by atomic mass is 16.2. The Hall–Kier alpha value is -3.71. The lowest BCUT2D eigenvalue weighted by molar-refractivity contribution is -0.118. The summed E-state index contributed by atoms with van der Waals surface area (Å²) in [5.74, 6) is 3.87. The molecule has 27 heavy (non-hydrogen) atoms. The Bertz CT molecular complexity index is 872. The Kier molecular flexibility index (Phi) is 7.04. The fourth-order valence-corrected chi connectivity index (χ4v) is 2.17. The van der Waals surface area contributed by atoms with Gasteiger partial charge in [0.15, 0.2) is 0 Å². The predicted molar refractivity (Wildman–Crippen MR) is 104 cm³/mol. The first kappa shape index (κ1) is 19.6. The van der Waals surface area contributed by atoms with Gasteiger partial charge in [0.05, 0.1) is 0 Å². The number of carbonyl (C=O) groups excluding carboxylic acids is 3. The summed E-state index contributed by atoms with van der Waals surface area (Å²) >= 11 is 0. The Morgan fingerprint density at radius 3 is 2.22 bits per heavy atom. The van der Waals surface area contributed by atoms with Crippen LogP contribution in [0.15, 0.2) is 72.4 Å². The zero-order valence-corrected chi connectivity index (χ0v) is 14.7. The van der Waals surface area contributed by atoms with E-state index in [0.717, 1.165) is 5.56 Å². The van der Waals surface area contributed by atoms with Gasteiger partial charge in [0.2, 0.25) is 5.91 Å². The highest BCUT2D eigenvalue weighted by Gasteiger charge is 2.13. The number of nitrogens with one attached hydrogen (secondary N) is 3. The van der Waals surface area contributed by atoms with E-state index in [-0.39, 0.29) is 11.6 Å². The number of nitrogens with two attached hydrogens (primary N) is 1. The van der Waals surface area contributed by atoms with Gasteiger partial charge in [-0.2, -0.15) is 0 Å². The molecule has 0 fully saturated rings. The Morgan fingerprint density at radius 1 is 0.963 bits per heavy atom. The summed E-state index contributed by atoms with van der Waals surface area (Å²) in [6, 6.07) is 15.8. The minimum absolute atomic E-state index is 0.000573. The molecule has 5 N–H and O–H groups in total. The second kappa shape index (κ2) is 9.69. The third-order valence-electron chi connectivity index (χ3n) is 3.44. The van der Waals surface area contributed by atoms with Crippen LogP contribution in [0.1, 0.15) is 22.8 Å². The van der Waals surface area contributed by atoms with E-state index < -0.39 is 11.8 Å². The molecule has 0 aliphatic heterocycles. The molecule has 7 nitrogen and oxygen atoms in total. The van der Waals surface area contributed by atoms with Gasteiger partial charge in [0.1, 0.15) is 5.70 Å². The summed E-state index contributed by atoms with van der Waals surface area (Å²) in [6.07, 6.45) is 4.89. The lowest BCUT2D eigenvalue weighted by atomic mass is 10.2. The second-order valence-electron chi connectivity index (χ2n) is 5.54. The zero-order valence-electron chi connectivity index (χ0n) is 14.7. The van der Waals surface area contributed by atoms with E-state index in [1.165, 1.54) is 13.0 Å². The summed E-state index contributed by atoms with van der Waals surface area (Å²) in [5, 5.41) is 5.13. The highest BCUT2D eigenvalue weighted by molar-refractivity contribution is 6.03. The van der Waals surface area contributed by atoms with Gasteiger partial charge >= 0.3 is 0 Å².